The quantitative estimate of drug-likeness (QED) is 0.671. The number of nitrogens with two attached hydrogens (primary N) is 1. The number of anilines is 2. The Balaban J connectivity index is 1.58. The first-order valence-electron chi connectivity index (χ1n) is 9.04. The Morgan fingerprint density at radius 3 is 2.92 bits per heavy atom. The van der Waals surface area contributed by atoms with E-state index in [-0.39, 0.29) is 5.91 Å². The topological polar surface area (TPSA) is 115 Å². The molecule has 0 spiro atoms. The molecule has 0 radical (unpaired) electrons. The van der Waals surface area contributed by atoms with Gasteiger partial charge in [0.05, 0.1) is 10.9 Å². The van der Waals surface area contributed by atoms with Gasteiger partial charge in [0.2, 0.25) is 0 Å². The first kappa shape index (κ1) is 15.4. The number of carbonyl (C=O) groups excluding carboxylic acids is 1. The molecule has 3 atom stereocenters. The largest absolute Gasteiger partial charge is 0.383 e. The Morgan fingerprint density at radius 2 is 2.23 bits per heavy atom. The molecule has 3 heterocycles. The lowest BCUT2D eigenvalue weighted by molar-refractivity contribution is 0.102. The monoisotopic (exact) mass is 351 g/mol. The van der Waals surface area contributed by atoms with Crippen LogP contribution in [0.5, 0.6) is 0 Å². The molecular weight excluding hydrogens is 330 g/mol. The van der Waals surface area contributed by atoms with Crippen LogP contribution in [0.4, 0.5) is 11.6 Å². The number of aromatic amines is 1. The predicted molar refractivity (Wildman–Crippen MR) is 97.7 cm³/mol. The van der Waals surface area contributed by atoms with Gasteiger partial charge in [-0.05, 0) is 38.0 Å². The lowest BCUT2D eigenvalue weighted by atomic mass is 9.95. The van der Waals surface area contributed by atoms with Crippen molar-refractivity contribution in [1.82, 2.24) is 24.7 Å². The van der Waals surface area contributed by atoms with Crippen molar-refractivity contribution < 1.29 is 4.79 Å². The number of nitrogens with zero attached hydrogens (tertiary/aromatic N) is 4. The first-order chi connectivity index (χ1) is 12.6. The molecule has 0 aliphatic heterocycles. The van der Waals surface area contributed by atoms with Crippen LogP contribution >= 0.6 is 0 Å². The third kappa shape index (κ3) is 2.28. The molecule has 2 saturated carbocycles. The minimum Gasteiger partial charge on any atom is -0.383 e. The van der Waals surface area contributed by atoms with Crippen LogP contribution in [0.15, 0.2) is 18.6 Å². The lowest BCUT2D eigenvalue weighted by Crippen LogP contribution is -2.16. The van der Waals surface area contributed by atoms with Crippen LogP contribution in [0, 0.1) is 18.8 Å². The predicted octanol–water partition coefficient (Wildman–Crippen LogP) is 2.66. The van der Waals surface area contributed by atoms with Crippen LogP contribution in [0.25, 0.3) is 11.0 Å². The fraction of sp³-hybridized carbons (Fsp3) is 0.444. The third-order valence-electron chi connectivity index (χ3n) is 5.89. The smallest absolute Gasteiger partial charge is 0.259 e. The number of aryl methyl sites for hydroxylation is 1. The summed E-state index contributed by atoms with van der Waals surface area (Å²) in [5, 5.41) is 10.4. The molecule has 8 heteroatoms. The summed E-state index contributed by atoms with van der Waals surface area (Å²) in [5.74, 6) is 2.04. The number of hydrogen-bond acceptors (Lipinski definition) is 5. The number of nitrogens with one attached hydrogen (secondary N) is 2. The highest BCUT2D eigenvalue weighted by atomic mass is 16.1. The van der Waals surface area contributed by atoms with E-state index >= 15 is 0 Å². The maximum Gasteiger partial charge on any atom is 0.259 e. The van der Waals surface area contributed by atoms with E-state index in [0.717, 1.165) is 23.7 Å². The lowest BCUT2D eigenvalue weighted by Gasteiger charge is -2.23. The molecule has 2 bridgehead atoms. The molecule has 0 saturated heterocycles. The fourth-order valence-electron chi connectivity index (χ4n) is 4.75. The van der Waals surface area contributed by atoms with Crippen LogP contribution in [-0.4, -0.2) is 30.6 Å². The van der Waals surface area contributed by atoms with Gasteiger partial charge in [-0.3, -0.25) is 9.89 Å². The van der Waals surface area contributed by atoms with Crippen molar-refractivity contribution in [1.29, 1.82) is 0 Å². The summed E-state index contributed by atoms with van der Waals surface area (Å²) in [4.78, 5) is 21.4. The van der Waals surface area contributed by atoms with Crippen LogP contribution in [0.2, 0.25) is 0 Å². The number of amides is 1. The van der Waals surface area contributed by atoms with E-state index in [1.54, 1.807) is 6.07 Å². The summed E-state index contributed by atoms with van der Waals surface area (Å²) in [6, 6.07) is 2.17. The second kappa shape index (κ2) is 5.55. The van der Waals surface area contributed by atoms with Gasteiger partial charge in [-0.25, -0.2) is 9.97 Å². The standard InChI is InChI=1S/C18H21N7O/c1-9-4-14(24-23-9)22-18(26)12-7-25(13-6-10-2-3-11(13)5-10)17-15(12)16(19)20-8-21-17/h4,7-8,10-11,13H,2-3,5-6H2,1H3,(H2,19,20,21)(H2,22,23,24,26). The number of carbonyl (C=O) groups is 1. The third-order valence-corrected chi connectivity index (χ3v) is 5.89. The zero-order chi connectivity index (χ0) is 17.8. The summed E-state index contributed by atoms with van der Waals surface area (Å²) in [6.07, 6.45) is 8.37. The molecular formula is C18H21N7O. The highest BCUT2D eigenvalue weighted by Crippen LogP contribution is 2.51. The molecule has 4 N–H and O–H groups in total. The highest BCUT2D eigenvalue weighted by molar-refractivity contribution is 6.14. The van der Waals surface area contributed by atoms with E-state index in [1.807, 2.05) is 13.1 Å². The first-order valence-corrected chi connectivity index (χ1v) is 9.04. The van der Waals surface area contributed by atoms with Gasteiger partial charge in [-0.2, -0.15) is 5.10 Å². The summed E-state index contributed by atoms with van der Waals surface area (Å²) < 4.78 is 2.15. The number of aromatic nitrogens is 5. The summed E-state index contributed by atoms with van der Waals surface area (Å²) in [5.41, 5.74) is 8.25. The minimum absolute atomic E-state index is 0.245. The molecule has 3 unspecified atom stereocenters. The molecule has 26 heavy (non-hydrogen) atoms. The van der Waals surface area contributed by atoms with Crippen LogP contribution in [0.1, 0.15) is 47.8 Å². The fourth-order valence-corrected chi connectivity index (χ4v) is 4.75. The van der Waals surface area contributed by atoms with Crippen molar-refractivity contribution >= 4 is 28.6 Å². The van der Waals surface area contributed by atoms with Crippen LogP contribution in [0.3, 0.4) is 0 Å². The molecule has 2 aliphatic rings. The Labute approximate surface area is 150 Å². The number of H-pyrrole nitrogens is 1. The Hall–Kier alpha value is -2.90. The van der Waals surface area contributed by atoms with Gasteiger partial charge in [0.1, 0.15) is 17.8 Å². The average Bonchev–Trinajstić information content (AvgIpc) is 3.37. The van der Waals surface area contributed by atoms with E-state index in [9.17, 15) is 4.79 Å². The van der Waals surface area contributed by atoms with Gasteiger partial charge in [0.25, 0.3) is 5.91 Å². The van der Waals surface area contributed by atoms with Crippen molar-refractivity contribution in [2.75, 3.05) is 11.1 Å². The van der Waals surface area contributed by atoms with Gasteiger partial charge < -0.3 is 15.6 Å². The zero-order valence-corrected chi connectivity index (χ0v) is 14.6. The maximum absolute atomic E-state index is 12.9. The molecule has 5 rings (SSSR count). The van der Waals surface area contributed by atoms with E-state index in [2.05, 4.69) is 30.0 Å². The van der Waals surface area contributed by atoms with E-state index < -0.39 is 0 Å². The molecule has 134 valence electrons. The van der Waals surface area contributed by atoms with Crippen molar-refractivity contribution in [3.8, 4) is 0 Å². The van der Waals surface area contributed by atoms with E-state index in [0.29, 0.717) is 34.5 Å². The number of hydrogen-bond donors (Lipinski definition) is 3. The molecule has 2 aliphatic carbocycles. The highest BCUT2D eigenvalue weighted by Gasteiger charge is 2.41. The van der Waals surface area contributed by atoms with E-state index in [4.69, 9.17) is 5.73 Å². The second-order valence-electron chi connectivity index (χ2n) is 7.54. The van der Waals surface area contributed by atoms with Crippen molar-refractivity contribution in [3.05, 3.63) is 29.8 Å². The van der Waals surface area contributed by atoms with E-state index in [1.165, 1.54) is 25.6 Å². The van der Waals surface area contributed by atoms with Crippen LogP contribution < -0.4 is 11.1 Å². The maximum atomic E-state index is 12.9. The molecule has 3 aromatic rings. The van der Waals surface area contributed by atoms with Gasteiger partial charge in [-0.1, -0.05) is 6.42 Å². The zero-order valence-electron chi connectivity index (χ0n) is 14.6. The molecule has 2 fully saturated rings. The molecule has 8 nitrogen and oxygen atoms in total. The van der Waals surface area contributed by atoms with Crippen molar-refractivity contribution in [3.63, 3.8) is 0 Å². The average molecular weight is 351 g/mol. The van der Waals surface area contributed by atoms with Crippen molar-refractivity contribution in [2.24, 2.45) is 11.8 Å². The summed E-state index contributed by atoms with van der Waals surface area (Å²) >= 11 is 0. The number of rotatable bonds is 3. The normalized spacial score (nSPS) is 24.4. The number of nitrogen functional groups attached to an aromatic ring is 1. The number of fused-ring (bicyclic) bond motifs is 3. The summed E-state index contributed by atoms with van der Waals surface area (Å²) in [7, 11) is 0. The minimum atomic E-state index is -0.245. The Morgan fingerprint density at radius 1 is 1.35 bits per heavy atom. The van der Waals surface area contributed by atoms with Crippen LogP contribution in [-0.2, 0) is 0 Å². The second-order valence-corrected chi connectivity index (χ2v) is 7.54. The van der Waals surface area contributed by atoms with Gasteiger partial charge in [0.15, 0.2) is 5.82 Å². The molecule has 0 aromatic carbocycles. The van der Waals surface area contributed by atoms with Gasteiger partial charge >= 0.3 is 0 Å². The Bertz CT molecular complexity index is 1000. The molecule has 1 amide bonds. The SMILES string of the molecule is Cc1cc(NC(=O)c2cn(C3CC4CCC3C4)c3ncnc(N)c23)n[nH]1. The molecule has 3 aromatic heterocycles. The summed E-state index contributed by atoms with van der Waals surface area (Å²) in [6.45, 7) is 1.88. The van der Waals surface area contributed by atoms with Gasteiger partial charge in [0, 0.05) is 24.0 Å². The Kier molecular flexibility index (Phi) is 3.28. The van der Waals surface area contributed by atoms with Gasteiger partial charge in [-0.15, -0.1) is 0 Å². The van der Waals surface area contributed by atoms with Crippen molar-refractivity contribution in [2.45, 2.75) is 38.6 Å².